The number of hydrogen-bond acceptors (Lipinski definition) is 9. The van der Waals surface area contributed by atoms with Gasteiger partial charge in [-0.2, -0.15) is 0 Å². The van der Waals surface area contributed by atoms with Crippen molar-refractivity contribution in [3.63, 3.8) is 0 Å². The molecule has 0 aliphatic carbocycles. The van der Waals surface area contributed by atoms with E-state index in [9.17, 15) is 18.7 Å². The first-order chi connectivity index (χ1) is 16.7. The molecule has 3 aliphatic rings. The summed E-state index contributed by atoms with van der Waals surface area (Å²) < 4.78 is 34.1. The first-order valence-corrected chi connectivity index (χ1v) is 12.2. The van der Waals surface area contributed by atoms with Crippen molar-refractivity contribution in [2.75, 3.05) is 29.9 Å². The first-order valence-electron chi connectivity index (χ1n) is 11.3. The predicted octanol–water partition coefficient (Wildman–Crippen LogP) is 1.22. The molecule has 1 aromatic heterocycles. The van der Waals surface area contributed by atoms with Gasteiger partial charge in [0.2, 0.25) is 5.88 Å². The number of benzene rings is 1. The van der Waals surface area contributed by atoms with Gasteiger partial charge in [0.05, 0.1) is 41.2 Å². The third-order valence-electron chi connectivity index (χ3n) is 6.50. The number of thioether (sulfide) groups is 1. The van der Waals surface area contributed by atoms with Crippen molar-refractivity contribution in [2.24, 2.45) is 22.4 Å². The minimum atomic E-state index is -1.06. The number of aliphatic hydroxyl groups is 1. The number of ether oxygens (including phenoxy) is 1. The van der Waals surface area contributed by atoms with E-state index in [2.05, 4.69) is 15.3 Å². The molecule has 5 atom stereocenters. The smallest absolute Gasteiger partial charge is 0.251 e. The fraction of sp³-hybridized carbons (Fsp3) is 0.435. The molecule has 1 saturated heterocycles. The van der Waals surface area contributed by atoms with Crippen LogP contribution in [-0.2, 0) is 11.2 Å². The highest BCUT2D eigenvalue weighted by molar-refractivity contribution is 8.15. The predicted molar refractivity (Wildman–Crippen MR) is 130 cm³/mol. The van der Waals surface area contributed by atoms with E-state index in [-0.39, 0.29) is 16.5 Å². The topological polar surface area (TPSA) is 139 Å². The molecule has 2 unspecified atom stereocenters. The average Bonchev–Trinajstić information content (AvgIpc) is 3.43. The molecule has 9 nitrogen and oxygen atoms in total. The van der Waals surface area contributed by atoms with E-state index in [1.54, 1.807) is 0 Å². The van der Waals surface area contributed by atoms with Crippen molar-refractivity contribution in [1.82, 2.24) is 4.98 Å². The van der Waals surface area contributed by atoms with Crippen LogP contribution in [0.4, 0.5) is 20.2 Å². The summed E-state index contributed by atoms with van der Waals surface area (Å²) in [6.45, 7) is 3.30. The van der Waals surface area contributed by atoms with Gasteiger partial charge >= 0.3 is 0 Å². The molecular formula is C23H26F2N6O3S. The van der Waals surface area contributed by atoms with Gasteiger partial charge in [-0.25, -0.2) is 13.8 Å². The summed E-state index contributed by atoms with van der Waals surface area (Å²) in [5.41, 5.74) is 14.0. The van der Waals surface area contributed by atoms with Crippen LogP contribution in [-0.4, -0.2) is 64.3 Å². The lowest BCUT2D eigenvalue weighted by atomic mass is 9.92. The number of aromatic nitrogens is 1. The van der Waals surface area contributed by atoms with Crippen LogP contribution in [0.25, 0.3) is 0 Å². The average molecular weight is 505 g/mol. The largest absolute Gasteiger partial charge is 0.477 e. The molecule has 5 rings (SSSR count). The zero-order chi connectivity index (χ0) is 24.9. The first kappa shape index (κ1) is 23.9. The zero-order valence-electron chi connectivity index (χ0n) is 18.9. The van der Waals surface area contributed by atoms with Gasteiger partial charge in [-0.3, -0.25) is 9.79 Å². The Bertz CT molecular complexity index is 1170. The van der Waals surface area contributed by atoms with Gasteiger partial charge in [-0.15, -0.1) is 0 Å². The molecule has 3 aliphatic heterocycles. The lowest BCUT2D eigenvalue weighted by molar-refractivity contribution is -0.117. The number of aliphatic imine (C=N–C) groups is 1. The number of aliphatic hydroxyl groups excluding tert-OH is 1. The maximum Gasteiger partial charge on any atom is 0.251 e. The van der Waals surface area contributed by atoms with E-state index in [1.165, 1.54) is 12.3 Å². The summed E-state index contributed by atoms with van der Waals surface area (Å²) in [6, 6.07) is 2.00. The van der Waals surface area contributed by atoms with Crippen molar-refractivity contribution in [1.29, 1.82) is 0 Å². The molecule has 186 valence electrons. The van der Waals surface area contributed by atoms with Crippen LogP contribution in [0.3, 0.4) is 0 Å². The van der Waals surface area contributed by atoms with E-state index >= 15 is 0 Å². The Kier molecular flexibility index (Phi) is 6.38. The van der Waals surface area contributed by atoms with Crippen molar-refractivity contribution >= 4 is 34.1 Å². The molecule has 4 heterocycles. The lowest BCUT2D eigenvalue weighted by Crippen LogP contribution is -2.56. The number of carbonyl (C=O) groups is 1. The van der Waals surface area contributed by atoms with Crippen molar-refractivity contribution < 1.29 is 23.4 Å². The number of amides is 1. The maximum absolute atomic E-state index is 14.3. The highest BCUT2D eigenvalue weighted by Gasteiger charge is 2.38. The molecule has 0 saturated carbocycles. The van der Waals surface area contributed by atoms with E-state index < -0.39 is 41.1 Å². The monoisotopic (exact) mass is 504 g/mol. The van der Waals surface area contributed by atoms with E-state index in [1.807, 2.05) is 11.8 Å². The summed E-state index contributed by atoms with van der Waals surface area (Å²) in [5.74, 6) is -1.66. The minimum Gasteiger partial charge on any atom is -0.477 e. The number of carbonyl (C=O) groups excluding carboxylic acids is 1. The molecule has 6 N–H and O–H groups in total. The minimum absolute atomic E-state index is 0.0405. The molecule has 12 heteroatoms. The molecule has 2 aromatic rings. The fourth-order valence-corrected chi connectivity index (χ4v) is 5.80. The molecule has 0 radical (unpaired) electrons. The highest BCUT2D eigenvalue weighted by Crippen LogP contribution is 2.40. The Morgan fingerprint density at radius 3 is 2.74 bits per heavy atom. The number of anilines is 2. The van der Waals surface area contributed by atoms with Crippen LogP contribution in [0.5, 0.6) is 5.88 Å². The Balaban J connectivity index is 1.45. The third-order valence-corrected chi connectivity index (χ3v) is 7.56. The summed E-state index contributed by atoms with van der Waals surface area (Å²) >= 11 is 0.944. The second-order valence-corrected chi connectivity index (χ2v) is 10.2. The lowest BCUT2D eigenvalue weighted by Gasteiger charge is -2.41. The number of halogens is 2. The van der Waals surface area contributed by atoms with Crippen LogP contribution >= 0.6 is 11.8 Å². The Morgan fingerprint density at radius 1 is 1.29 bits per heavy atom. The van der Waals surface area contributed by atoms with E-state index in [4.69, 9.17) is 16.2 Å². The number of piperidine rings is 1. The Hall–Kier alpha value is -2.80. The van der Waals surface area contributed by atoms with Crippen molar-refractivity contribution in [3.05, 3.63) is 47.2 Å². The molecule has 1 aromatic carbocycles. The summed E-state index contributed by atoms with van der Waals surface area (Å²) in [7, 11) is 0. The number of pyridine rings is 1. The molecule has 0 bridgehead atoms. The SMILES string of the molecule is C[C@H]1CN(c2c(NC(=O)C3N=C(c4c(F)cccc4F)SC3N)cnc3c2CCO3)C[C@@H](N)[C@@H]1O. The second kappa shape index (κ2) is 9.34. The van der Waals surface area contributed by atoms with Crippen LogP contribution in [0, 0.1) is 17.6 Å². The maximum atomic E-state index is 14.3. The Labute approximate surface area is 204 Å². The van der Waals surface area contributed by atoms with Gasteiger partial charge in [0.15, 0.2) is 6.04 Å². The van der Waals surface area contributed by atoms with Crippen LogP contribution < -0.4 is 26.4 Å². The summed E-state index contributed by atoms with van der Waals surface area (Å²) in [4.78, 5) is 23.9. The number of fused-ring (bicyclic) bond motifs is 1. The molecule has 35 heavy (non-hydrogen) atoms. The van der Waals surface area contributed by atoms with Crippen LogP contribution in [0.1, 0.15) is 18.1 Å². The zero-order valence-corrected chi connectivity index (χ0v) is 19.8. The van der Waals surface area contributed by atoms with E-state index in [0.717, 1.165) is 35.1 Å². The quantitative estimate of drug-likeness (QED) is 0.488. The van der Waals surface area contributed by atoms with Crippen LogP contribution in [0.2, 0.25) is 0 Å². The number of hydrogen-bond donors (Lipinski definition) is 4. The van der Waals surface area contributed by atoms with Gasteiger partial charge in [0.1, 0.15) is 16.7 Å². The van der Waals surface area contributed by atoms with Gasteiger partial charge in [-0.05, 0) is 12.1 Å². The normalized spacial score (nSPS) is 27.9. The van der Waals surface area contributed by atoms with E-state index in [0.29, 0.717) is 37.7 Å². The third kappa shape index (κ3) is 4.35. The number of nitrogens with one attached hydrogen (secondary N) is 1. The van der Waals surface area contributed by atoms with Gasteiger partial charge in [0.25, 0.3) is 5.91 Å². The summed E-state index contributed by atoms with van der Waals surface area (Å²) in [6.07, 6.45) is 1.49. The fourth-order valence-electron chi connectivity index (χ4n) is 4.74. The molecular weight excluding hydrogens is 478 g/mol. The number of rotatable bonds is 4. The van der Waals surface area contributed by atoms with Crippen molar-refractivity contribution in [2.45, 2.75) is 36.9 Å². The van der Waals surface area contributed by atoms with Crippen LogP contribution in [0.15, 0.2) is 29.4 Å². The summed E-state index contributed by atoms with van der Waals surface area (Å²) in [5, 5.41) is 12.4. The highest BCUT2D eigenvalue weighted by atomic mass is 32.2. The Morgan fingerprint density at radius 2 is 2.03 bits per heavy atom. The number of nitrogens with two attached hydrogens (primary N) is 2. The standard InChI is InChI=1S/C23H26F2N6O3S/c1-10-8-31(9-14(26)19(10)32)18-11-5-6-34-22(11)28-7-15(18)29-21(33)17-20(27)35-23(30-17)16-12(24)3-2-4-13(16)25/h2-4,7,10,14,17,19-20,32H,5-6,8-9,26-27H2,1H3,(H,29,33)/t10-,14+,17?,19+,20?/m0/s1. The van der Waals surface area contributed by atoms with Gasteiger partial charge < -0.3 is 31.5 Å². The van der Waals surface area contributed by atoms with Crippen molar-refractivity contribution in [3.8, 4) is 5.88 Å². The van der Waals surface area contributed by atoms with Gasteiger partial charge in [-0.1, -0.05) is 24.8 Å². The van der Waals surface area contributed by atoms with Gasteiger partial charge in [0, 0.05) is 37.0 Å². The second-order valence-electron chi connectivity index (χ2n) is 8.99. The molecule has 0 spiro atoms. The molecule has 1 amide bonds. The number of nitrogens with zero attached hydrogens (tertiary/aromatic N) is 3. The molecule has 1 fully saturated rings.